The van der Waals surface area contributed by atoms with E-state index < -0.39 is 5.97 Å². The molecule has 1 fully saturated rings. The van der Waals surface area contributed by atoms with Crippen LogP contribution in [0, 0.1) is 0 Å². The minimum absolute atomic E-state index is 0.214. The zero-order chi connectivity index (χ0) is 8.55. The molecule has 1 saturated heterocycles. The van der Waals surface area contributed by atoms with Crippen LogP contribution in [0.1, 0.15) is 16.5 Å². The molecule has 2 heterocycles. The fraction of sp³-hybridized carbons (Fsp3) is 0.429. The normalized spacial score (nSPS) is 17.3. The number of nitrogens with zero attached hydrogens (tertiary/aromatic N) is 2. The van der Waals surface area contributed by atoms with Gasteiger partial charge in [-0.2, -0.15) is 5.10 Å². The maximum atomic E-state index is 10.6. The SMILES string of the molecule is O=C(O)c1ccnn1C1CNC1. The van der Waals surface area contributed by atoms with Gasteiger partial charge in [0.05, 0.1) is 6.04 Å². The molecule has 5 heteroatoms. The highest BCUT2D eigenvalue weighted by Crippen LogP contribution is 2.13. The van der Waals surface area contributed by atoms with Gasteiger partial charge in [-0.05, 0) is 6.07 Å². The van der Waals surface area contributed by atoms with Gasteiger partial charge in [-0.3, -0.25) is 4.68 Å². The van der Waals surface area contributed by atoms with Crippen LogP contribution >= 0.6 is 0 Å². The molecule has 2 N–H and O–H groups in total. The van der Waals surface area contributed by atoms with Crippen LogP contribution in [0.2, 0.25) is 0 Å². The number of aromatic carboxylic acids is 1. The summed E-state index contributed by atoms with van der Waals surface area (Å²) in [4.78, 5) is 10.6. The Bertz CT molecular complexity index is 303. The first kappa shape index (κ1) is 7.30. The second-order valence-corrected chi connectivity index (χ2v) is 2.78. The van der Waals surface area contributed by atoms with Crippen molar-refractivity contribution in [1.82, 2.24) is 15.1 Å². The summed E-state index contributed by atoms with van der Waals surface area (Å²) >= 11 is 0. The van der Waals surface area contributed by atoms with Crippen molar-refractivity contribution < 1.29 is 9.90 Å². The van der Waals surface area contributed by atoms with E-state index in [-0.39, 0.29) is 11.7 Å². The molecule has 5 nitrogen and oxygen atoms in total. The Morgan fingerprint density at radius 1 is 1.75 bits per heavy atom. The summed E-state index contributed by atoms with van der Waals surface area (Å²) in [6, 6.07) is 1.73. The van der Waals surface area contributed by atoms with E-state index in [1.807, 2.05) is 0 Å². The Morgan fingerprint density at radius 3 is 3.00 bits per heavy atom. The highest BCUT2D eigenvalue weighted by Gasteiger charge is 2.23. The molecule has 0 aliphatic carbocycles. The van der Waals surface area contributed by atoms with Gasteiger partial charge in [-0.1, -0.05) is 0 Å². The molecule has 1 aromatic heterocycles. The second-order valence-electron chi connectivity index (χ2n) is 2.78. The van der Waals surface area contributed by atoms with Crippen LogP contribution < -0.4 is 5.32 Å². The minimum Gasteiger partial charge on any atom is -0.477 e. The molecular formula is C7H9N3O2. The van der Waals surface area contributed by atoms with Gasteiger partial charge >= 0.3 is 5.97 Å². The Labute approximate surface area is 69.0 Å². The van der Waals surface area contributed by atoms with Gasteiger partial charge in [0.1, 0.15) is 5.69 Å². The minimum atomic E-state index is -0.917. The second kappa shape index (κ2) is 2.60. The molecule has 0 spiro atoms. The van der Waals surface area contributed by atoms with E-state index in [2.05, 4.69) is 10.4 Å². The highest BCUT2D eigenvalue weighted by molar-refractivity contribution is 5.85. The van der Waals surface area contributed by atoms with Crippen molar-refractivity contribution in [2.75, 3.05) is 13.1 Å². The average Bonchev–Trinajstić information content (AvgIpc) is 2.31. The predicted octanol–water partition coefficient (Wildman–Crippen LogP) is -0.274. The first-order chi connectivity index (χ1) is 5.79. The third-order valence-electron chi connectivity index (χ3n) is 2.00. The Hall–Kier alpha value is -1.36. The lowest BCUT2D eigenvalue weighted by Gasteiger charge is -2.28. The zero-order valence-electron chi connectivity index (χ0n) is 6.40. The highest BCUT2D eigenvalue weighted by atomic mass is 16.4. The summed E-state index contributed by atoms with van der Waals surface area (Å²) in [6.45, 7) is 1.61. The van der Waals surface area contributed by atoms with Crippen LogP contribution in [0.5, 0.6) is 0 Å². The van der Waals surface area contributed by atoms with E-state index in [0.717, 1.165) is 13.1 Å². The summed E-state index contributed by atoms with van der Waals surface area (Å²) in [7, 11) is 0. The van der Waals surface area contributed by atoms with Gasteiger partial charge in [0.15, 0.2) is 0 Å². The molecule has 0 radical (unpaired) electrons. The monoisotopic (exact) mass is 167 g/mol. The lowest BCUT2D eigenvalue weighted by atomic mass is 10.2. The number of carbonyl (C=O) groups is 1. The molecule has 0 aromatic carbocycles. The van der Waals surface area contributed by atoms with Crippen molar-refractivity contribution in [3.8, 4) is 0 Å². The molecular weight excluding hydrogens is 158 g/mol. The Kier molecular flexibility index (Phi) is 1.58. The summed E-state index contributed by atoms with van der Waals surface area (Å²) in [6.07, 6.45) is 1.52. The molecule has 0 saturated carbocycles. The third kappa shape index (κ3) is 0.984. The zero-order valence-corrected chi connectivity index (χ0v) is 6.40. The van der Waals surface area contributed by atoms with E-state index in [9.17, 15) is 4.79 Å². The van der Waals surface area contributed by atoms with Crippen LogP contribution in [-0.4, -0.2) is 33.9 Å². The molecule has 0 unspecified atom stereocenters. The van der Waals surface area contributed by atoms with Crippen LogP contribution in [0.3, 0.4) is 0 Å². The molecule has 0 amide bonds. The Morgan fingerprint density at radius 2 is 2.50 bits per heavy atom. The van der Waals surface area contributed by atoms with Gasteiger partial charge in [0.2, 0.25) is 0 Å². The van der Waals surface area contributed by atoms with Gasteiger partial charge in [0, 0.05) is 19.3 Å². The summed E-state index contributed by atoms with van der Waals surface area (Å²) < 4.78 is 1.55. The van der Waals surface area contributed by atoms with Crippen molar-refractivity contribution >= 4 is 5.97 Å². The van der Waals surface area contributed by atoms with Gasteiger partial charge < -0.3 is 10.4 Å². The number of hydrogen-bond donors (Lipinski definition) is 2. The summed E-state index contributed by atoms with van der Waals surface area (Å²) in [5, 5.41) is 15.8. The van der Waals surface area contributed by atoms with Gasteiger partial charge in [-0.25, -0.2) is 4.79 Å². The molecule has 0 bridgehead atoms. The fourth-order valence-electron chi connectivity index (χ4n) is 1.22. The van der Waals surface area contributed by atoms with Crippen LogP contribution in [0.15, 0.2) is 12.3 Å². The molecule has 2 rings (SSSR count). The summed E-state index contributed by atoms with van der Waals surface area (Å²) in [5.41, 5.74) is 0.265. The van der Waals surface area contributed by atoms with Crippen LogP contribution in [0.25, 0.3) is 0 Å². The van der Waals surface area contributed by atoms with Crippen LogP contribution in [-0.2, 0) is 0 Å². The van der Waals surface area contributed by atoms with E-state index in [1.54, 1.807) is 4.68 Å². The quantitative estimate of drug-likeness (QED) is 0.636. The van der Waals surface area contributed by atoms with E-state index in [0.29, 0.717) is 0 Å². The maximum Gasteiger partial charge on any atom is 0.354 e. The number of carboxylic acid groups (broad SMARTS) is 1. The lowest BCUT2D eigenvalue weighted by molar-refractivity contribution is 0.0677. The van der Waals surface area contributed by atoms with Gasteiger partial charge in [0.25, 0.3) is 0 Å². The Balaban J connectivity index is 2.29. The largest absolute Gasteiger partial charge is 0.477 e. The first-order valence-corrected chi connectivity index (χ1v) is 3.76. The predicted molar refractivity (Wildman–Crippen MR) is 41.1 cm³/mol. The lowest BCUT2D eigenvalue weighted by Crippen LogP contribution is -2.44. The first-order valence-electron chi connectivity index (χ1n) is 3.76. The van der Waals surface area contributed by atoms with Gasteiger partial charge in [-0.15, -0.1) is 0 Å². The smallest absolute Gasteiger partial charge is 0.354 e. The maximum absolute atomic E-state index is 10.6. The number of hydrogen-bond acceptors (Lipinski definition) is 3. The van der Waals surface area contributed by atoms with Crippen molar-refractivity contribution in [2.24, 2.45) is 0 Å². The van der Waals surface area contributed by atoms with Crippen molar-refractivity contribution in [1.29, 1.82) is 0 Å². The average molecular weight is 167 g/mol. The molecule has 1 aromatic rings. The molecule has 12 heavy (non-hydrogen) atoms. The number of rotatable bonds is 2. The topological polar surface area (TPSA) is 67.1 Å². The standard InChI is InChI=1S/C7H9N3O2/c11-7(12)6-1-2-9-10(6)5-3-8-4-5/h1-2,5,8H,3-4H2,(H,11,12). The fourth-order valence-corrected chi connectivity index (χ4v) is 1.22. The van der Waals surface area contributed by atoms with E-state index in [1.165, 1.54) is 12.3 Å². The van der Waals surface area contributed by atoms with E-state index >= 15 is 0 Å². The number of carboxylic acids is 1. The molecule has 0 atom stereocenters. The van der Waals surface area contributed by atoms with Crippen LogP contribution in [0.4, 0.5) is 0 Å². The van der Waals surface area contributed by atoms with Crippen molar-refractivity contribution in [2.45, 2.75) is 6.04 Å². The molecule has 1 aliphatic rings. The van der Waals surface area contributed by atoms with Crippen molar-refractivity contribution in [3.05, 3.63) is 18.0 Å². The van der Waals surface area contributed by atoms with E-state index in [4.69, 9.17) is 5.11 Å². The number of nitrogens with one attached hydrogen (secondary N) is 1. The van der Waals surface area contributed by atoms with Crippen molar-refractivity contribution in [3.63, 3.8) is 0 Å². The third-order valence-corrected chi connectivity index (χ3v) is 2.00. The molecule has 1 aliphatic heterocycles. The summed E-state index contributed by atoms with van der Waals surface area (Å²) in [5.74, 6) is -0.917. The molecule has 64 valence electrons. The number of aromatic nitrogens is 2.